The van der Waals surface area contributed by atoms with Gasteiger partial charge in [-0.15, -0.1) is 0 Å². The van der Waals surface area contributed by atoms with Gasteiger partial charge in [-0.3, -0.25) is 4.79 Å². The number of carbonyl (C=O) groups is 1. The van der Waals surface area contributed by atoms with Gasteiger partial charge in [0.05, 0.1) is 0 Å². The van der Waals surface area contributed by atoms with Crippen LogP contribution in [0.25, 0.3) is 11.1 Å². The summed E-state index contributed by atoms with van der Waals surface area (Å²) < 4.78 is 59.4. The van der Waals surface area contributed by atoms with Gasteiger partial charge in [0.1, 0.15) is 24.3 Å². The Hall–Kier alpha value is -3.50. The van der Waals surface area contributed by atoms with Crippen molar-refractivity contribution in [3.8, 4) is 28.5 Å². The van der Waals surface area contributed by atoms with E-state index < -0.39 is 18.0 Å². The lowest BCUT2D eigenvalue weighted by molar-refractivity contribution is -0.142. The van der Waals surface area contributed by atoms with Crippen molar-refractivity contribution < 1.29 is 32.2 Å². The van der Waals surface area contributed by atoms with Gasteiger partial charge in [-0.25, -0.2) is 4.98 Å². The Labute approximate surface area is 234 Å². The minimum absolute atomic E-state index is 0.00964. The van der Waals surface area contributed by atoms with Crippen LogP contribution in [0.2, 0.25) is 5.02 Å². The number of alkyl halides is 3. The largest absolute Gasteiger partial charge is 0.486 e. The molecule has 1 aromatic heterocycles. The number of hydrogen-bond acceptors (Lipinski definition) is 6. The molecule has 2 N–H and O–H groups in total. The minimum Gasteiger partial charge on any atom is -0.486 e. The molecule has 0 bridgehead atoms. The fourth-order valence-electron chi connectivity index (χ4n) is 5.54. The molecule has 1 amide bonds. The van der Waals surface area contributed by atoms with Crippen LogP contribution in [-0.2, 0) is 23.9 Å². The van der Waals surface area contributed by atoms with Gasteiger partial charge >= 0.3 is 6.18 Å². The Morgan fingerprint density at radius 1 is 1.07 bits per heavy atom. The predicted octanol–water partition coefficient (Wildman–Crippen LogP) is 5.63. The molecule has 2 aromatic carbocycles. The summed E-state index contributed by atoms with van der Waals surface area (Å²) in [4.78, 5) is 15.2. The first kappa shape index (κ1) is 26.7. The average molecular weight is 574 g/mol. The van der Waals surface area contributed by atoms with Crippen LogP contribution in [-0.4, -0.2) is 36.7 Å². The van der Waals surface area contributed by atoms with E-state index in [2.05, 4.69) is 15.6 Å². The molecule has 40 heavy (non-hydrogen) atoms. The summed E-state index contributed by atoms with van der Waals surface area (Å²) in [6, 6.07) is 12.8. The molecule has 3 aliphatic rings. The van der Waals surface area contributed by atoms with Crippen LogP contribution < -0.4 is 24.8 Å². The molecule has 0 unspecified atom stereocenters. The first-order valence-electron chi connectivity index (χ1n) is 13.2. The standard InChI is InChI=1S/C29H27ClF3N3O4/c30-22-12-17(14-34-15-18-5-9-26(37)35-18)27(29(31,32)33)36-28(22)40-23-8-6-20-19(2-1-3-21(20)23)16-4-7-24-25(13-16)39-11-10-38-24/h1-4,7,12-13,18,23,34H,5-6,8-11,14-15H2,(H,35,37)/t18-,23-/m0/s1. The van der Waals surface area contributed by atoms with Crippen molar-refractivity contribution in [2.45, 2.75) is 50.6 Å². The van der Waals surface area contributed by atoms with Crippen molar-refractivity contribution in [2.24, 2.45) is 0 Å². The highest BCUT2D eigenvalue weighted by Crippen LogP contribution is 2.43. The van der Waals surface area contributed by atoms with Crippen LogP contribution in [0.5, 0.6) is 17.4 Å². The van der Waals surface area contributed by atoms with E-state index in [0.717, 1.165) is 22.3 Å². The Balaban J connectivity index is 1.22. The lowest BCUT2D eigenvalue weighted by atomic mass is 9.96. The van der Waals surface area contributed by atoms with Crippen molar-refractivity contribution in [1.29, 1.82) is 0 Å². The Kier molecular flexibility index (Phi) is 7.22. The zero-order valence-electron chi connectivity index (χ0n) is 21.4. The van der Waals surface area contributed by atoms with Crippen LogP contribution in [0, 0.1) is 0 Å². The number of fused-ring (bicyclic) bond motifs is 2. The first-order valence-corrected chi connectivity index (χ1v) is 13.6. The lowest BCUT2D eigenvalue weighted by Crippen LogP contribution is -2.35. The maximum atomic E-state index is 14.0. The topological polar surface area (TPSA) is 81.7 Å². The van der Waals surface area contributed by atoms with E-state index >= 15 is 0 Å². The first-order chi connectivity index (χ1) is 19.3. The van der Waals surface area contributed by atoms with Gasteiger partial charge in [-0.05, 0) is 65.3 Å². The van der Waals surface area contributed by atoms with Crippen LogP contribution >= 0.6 is 11.6 Å². The number of hydrogen-bond donors (Lipinski definition) is 2. The van der Waals surface area contributed by atoms with Crippen molar-refractivity contribution in [3.05, 3.63) is 69.9 Å². The SMILES string of the molecule is O=C1CC[C@@H](CNCc2cc(Cl)c(O[C@H]3CCc4c(-c5ccc6c(c5)OCCO6)cccc43)nc2C(F)(F)F)N1. The monoisotopic (exact) mass is 573 g/mol. The maximum absolute atomic E-state index is 14.0. The Morgan fingerprint density at radius 2 is 1.90 bits per heavy atom. The number of carbonyl (C=O) groups excluding carboxylic acids is 1. The molecule has 6 rings (SSSR count). The van der Waals surface area contributed by atoms with Crippen molar-refractivity contribution in [3.63, 3.8) is 0 Å². The summed E-state index contributed by atoms with van der Waals surface area (Å²) >= 11 is 6.41. The number of rotatable bonds is 7. The Bertz CT molecular complexity index is 1450. The highest BCUT2D eigenvalue weighted by Gasteiger charge is 2.37. The molecule has 2 aliphatic heterocycles. The summed E-state index contributed by atoms with van der Waals surface area (Å²) in [5.74, 6) is 1.09. The molecule has 1 fully saturated rings. The smallest absolute Gasteiger partial charge is 0.433 e. The van der Waals surface area contributed by atoms with E-state index in [0.29, 0.717) is 56.9 Å². The Morgan fingerprint density at radius 3 is 2.67 bits per heavy atom. The second-order valence-electron chi connectivity index (χ2n) is 10.1. The molecule has 1 aliphatic carbocycles. The zero-order valence-corrected chi connectivity index (χ0v) is 22.2. The van der Waals surface area contributed by atoms with Gasteiger partial charge in [-0.2, -0.15) is 13.2 Å². The van der Waals surface area contributed by atoms with Gasteiger partial charge in [0, 0.05) is 25.6 Å². The number of halogens is 4. The number of nitrogens with zero attached hydrogens (tertiary/aromatic N) is 1. The molecule has 7 nitrogen and oxygen atoms in total. The van der Waals surface area contributed by atoms with Gasteiger partial charge in [0.2, 0.25) is 11.8 Å². The molecule has 3 heterocycles. The van der Waals surface area contributed by atoms with Gasteiger partial charge < -0.3 is 24.8 Å². The summed E-state index contributed by atoms with van der Waals surface area (Å²) in [6.45, 7) is 1.25. The van der Waals surface area contributed by atoms with E-state index in [-0.39, 0.29) is 35.0 Å². The molecule has 1 saturated heterocycles. The quantitative estimate of drug-likeness (QED) is 0.381. The third kappa shape index (κ3) is 5.42. The number of nitrogens with one attached hydrogen (secondary N) is 2. The highest BCUT2D eigenvalue weighted by molar-refractivity contribution is 6.31. The van der Waals surface area contributed by atoms with E-state index in [9.17, 15) is 18.0 Å². The van der Waals surface area contributed by atoms with Crippen LogP contribution in [0.3, 0.4) is 0 Å². The molecule has 0 spiro atoms. The van der Waals surface area contributed by atoms with E-state index in [1.54, 1.807) is 0 Å². The summed E-state index contributed by atoms with van der Waals surface area (Å²) in [5.41, 5.74) is 2.81. The number of benzene rings is 2. The van der Waals surface area contributed by atoms with Gasteiger partial charge in [0.15, 0.2) is 17.2 Å². The minimum atomic E-state index is -4.69. The number of pyridine rings is 1. The second kappa shape index (κ2) is 10.8. The fourth-order valence-corrected chi connectivity index (χ4v) is 5.76. The van der Waals surface area contributed by atoms with E-state index in [1.807, 2.05) is 36.4 Å². The number of ether oxygens (including phenoxy) is 3. The maximum Gasteiger partial charge on any atom is 0.433 e. The molecular weight excluding hydrogens is 547 g/mol. The summed E-state index contributed by atoms with van der Waals surface area (Å²) in [7, 11) is 0. The van der Waals surface area contributed by atoms with Crippen molar-refractivity contribution in [1.82, 2.24) is 15.6 Å². The summed E-state index contributed by atoms with van der Waals surface area (Å²) in [6.07, 6.45) is -2.86. The molecule has 11 heteroatoms. The van der Waals surface area contributed by atoms with Crippen molar-refractivity contribution >= 4 is 17.5 Å². The molecule has 0 saturated carbocycles. The van der Waals surface area contributed by atoms with Crippen LogP contribution in [0.4, 0.5) is 13.2 Å². The van der Waals surface area contributed by atoms with E-state index in [1.165, 1.54) is 6.07 Å². The van der Waals surface area contributed by atoms with Crippen LogP contribution in [0.1, 0.15) is 47.8 Å². The average Bonchev–Trinajstić information content (AvgIpc) is 3.54. The molecular formula is C29H27ClF3N3O4. The number of amides is 1. The molecule has 0 radical (unpaired) electrons. The fraction of sp³-hybridized carbons (Fsp3) is 0.379. The molecule has 2 atom stereocenters. The van der Waals surface area contributed by atoms with E-state index in [4.69, 9.17) is 25.8 Å². The molecule has 3 aromatic rings. The van der Waals surface area contributed by atoms with Gasteiger partial charge in [0.25, 0.3) is 0 Å². The predicted molar refractivity (Wildman–Crippen MR) is 142 cm³/mol. The zero-order chi connectivity index (χ0) is 27.9. The van der Waals surface area contributed by atoms with Crippen LogP contribution in [0.15, 0.2) is 42.5 Å². The molecule has 210 valence electrons. The lowest BCUT2D eigenvalue weighted by Gasteiger charge is -2.20. The second-order valence-corrected chi connectivity index (χ2v) is 10.5. The third-order valence-electron chi connectivity index (χ3n) is 7.41. The van der Waals surface area contributed by atoms with Crippen molar-refractivity contribution in [2.75, 3.05) is 19.8 Å². The highest BCUT2D eigenvalue weighted by atomic mass is 35.5. The summed E-state index contributed by atoms with van der Waals surface area (Å²) in [5, 5.41) is 5.77. The number of aromatic nitrogens is 1. The normalized spacial score (nSPS) is 19.9. The van der Waals surface area contributed by atoms with Gasteiger partial charge in [-0.1, -0.05) is 35.9 Å². The third-order valence-corrected chi connectivity index (χ3v) is 7.68.